The van der Waals surface area contributed by atoms with Gasteiger partial charge < -0.3 is 38.9 Å². The summed E-state index contributed by atoms with van der Waals surface area (Å²) in [5.74, 6) is -4.64. The number of ether oxygens (including phenoxy) is 4. The molecule has 0 aromatic rings. The highest BCUT2D eigenvalue weighted by Crippen LogP contribution is 2.60. The number of carbonyl (C=O) groups is 4. The SMILES string of the molecule is COC(=O)NC1[C@H](C)O[C@@H](O[C@H]2C/C=C(\C)[C@@H]3C=C[C@@H]4[C@@H](O)[C@@H](C)C[C@H](C)[C@H]4[C@]3(C)/C(O)=C3\C(=O)O[C@]4(CC(C=O)=C[C@H](O[Si](C)(C)C(C)(C)C)[C@H]4/C=C\2C)C3=O)CC1(C)[N+](=O)[O-]. The Morgan fingerprint density at radius 2 is 1.75 bits per heavy atom. The van der Waals surface area contributed by atoms with E-state index in [0.29, 0.717) is 18.3 Å². The molecule has 2 aliphatic heterocycles. The number of hydrogen-bond donors (Lipinski definition) is 3. The van der Waals surface area contributed by atoms with Gasteiger partial charge in [-0.25, -0.2) is 9.59 Å². The average molecular weight is 897 g/mol. The highest BCUT2D eigenvalue weighted by Gasteiger charge is 2.65. The zero-order valence-electron chi connectivity index (χ0n) is 39.1. The Bertz CT molecular complexity index is 2050. The summed E-state index contributed by atoms with van der Waals surface area (Å²) in [5, 5.41) is 39.5. The van der Waals surface area contributed by atoms with E-state index in [1.807, 2.05) is 52.1 Å². The Labute approximate surface area is 372 Å². The van der Waals surface area contributed by atoms with E-state index in [9.17, 15) is 34.7 Å². The molecule has 63 heavy (non-hydrogen) atoms. The number of esters is 1. The Hall–Kier alpha value is -3.96. The first-order chi connectivity index (χ1) is 29.2. The van der Waals surface area contributed by atoms with Crippen molar-refractivity contribution in [2.24, 2.45) is 40.9 Å². The van der Waals surface area contributed by atoms with E-state index in [1.54, 1.807) is 26.0 Å². The molecule has 1 saturated carbocycles. The van der Waals surface area contributed by atoms with E-state index in [2.05, 4.69) is 33.0 Å². The lowest BCUT2D eigenvalue weighted by Crippen LogP contribution is -2.65. The molecule has 15 atom stereocenters. The molecule has 1 spiro atoms. The third kappa shape index (κ3) is 8.20. The number of aliphatic hydroxyl groups excluding tert-OH is 2. The minimum absolute atomic E-state index is 0.0386. The second kappa shape index (κ2) is 17.1. The largest absolute Gasteiger partial charge is 0.511 e. The van der Waals surface area contributed by atoms with E-state index in [1.165, 1.54) is 14.0 Å². The maximum atomic E-state index is 15.5. The Balaban J connectivity index is 1.57. The molecule has 2 saturated heterocycles. The number of methoxy groups -OCH3 is 1. The zero-order chi connectivity index (χ0) is 46.9. The predicted molar refractivity (Wildman–Crippen MR) is 235 cm³/mol. The number of alkyl carbamates (subject to hydrolysis) is 1. The monoisotopic (exact) mass is 896 g/mol. The van der Waals surface area contributed by atoms with E-state index in [0.717, 1.165) is 5.57 Å². The van der Waals surface area contributed by atoms with Gasteiger partial charge in [0.25, 0.3) is 0 Å². The number of fused-ring (bicyclic) bond motifs is 4. The smallest absolute Gasteiger partial charge is 0.407 e. The molecule has 15 nitrogen and oxygen atoms in total. The number of ketones is 1. The van der Waals surface area contributed by atoms with Crippen molar-refractivity contribution in [3.05, 3.63) is 68.5 Å². The number of nitro groups is 1. The molecule has 4 aliphatic carbocycles. The van der Waals surface area contributed by atoms with Crippen LogP contribution in [-0.2, 0) is 37.8 Å². The number of aliphatic hydroxyl groups is 2. The Morgan fingerprint density at radius 3 is 2.35 bits per heavy atom. The normalized spacial score (nSPS) is 43.7. The predicted octanol–water partition coefficient (Wildman–Crippen LogP) is 7.24. The van der Waals surface area contributed by atoms with Crippen molar-refractivity contribution in [1.82, 2.24) is 5.32 Å². The minimum Gasteiger partial charge on any atom is -0.511 e. The van der Waals surface area contributed by atoms with Crippen LogP contribution < -0.4 is 5.32 Å². The third-order valence-corrected chi connectivity index (χ3v) is 20.4. The molecule has 6 aliphatic rings. The van der Waals surface area contributed by atoms with E-state index in [-0.39, 0.29) is 41.7 Å². The number of aldehydes is 1. The Morgan fingerprint density at radius 1 is 1.08 bits per heavy atom. The van der Waals surface area contributed by atoms with Crippen molar-refractivity contribution >= 4 is 32.4 Å². The fraction of sp³-hybridized carbons (Fsp3) is 0.702. The number of nitrogens with one attached hydrogen (secondary N) is 1. The van der Waals surface area contributed by atoms with Crippen LogP contribution in [0.5, 0.6) is 0 Å². The van der Waals surface area contributed by atoms with Crippen LogP contribution in [-0.4, -0.2) is 103 Å². The molecule has 348 valence electrons. The summed E-state index contributed by atoms with van der Waals surface area (Å²) in [7, 11) is -1.51. The van der Waals surface area contributed by atoms with Crippen LogP contribution in [0, 0.1) is 51.0 Å². The Kier molecular flexibility index (Phi) is 13.2. The lowest BCUT2D eigenvalue weighted by atomic mass is 9.49. The van der Waals surface area contributed by atoms with Crippen LogP contribution in [0.2, 0.25) is 18.1 Å². The number of Topliss-reactive ketones (excluding diaryl/α,β-unsaturated/α-hetero) is 1. The molecule has 0 radical (unpaired) electrons. The van der Waals surface area contributed by atoms with Gasteiger partial charge in [0.1, 0.15) is 23.7 Å². The lowest BCUT2D eigenvalue weighted by Gasteiger charge is -2.55. The fourth-order valence-electron chi connectivity index (χ4n) is 11.4. The lowest BCUT2D eigenvalue weighted by molar-refractivity contribution is -0.584. The van der Waals surface area contributed by atoms with Gasteiger partial charge >= 0.3 is 12.1 Å². The van der Waals surface area contributed by atoms with Gasteiger partial charge in [0.15, 0.2) is 20.2 Å². The van der Waals surface area contributed by atoms with Gasteiger partial charge in [0.2, 0.25) is 11.3 Å². The maximum Gasteiger partial charge on any atom is 0.407 e. The highest BCUT2D eigenvalue weighted by molar-refractivity contribution is 6.74. The van der Waals surface area contributed by atoms with Gasteiger partial charge in [-0.05, 0) is 86.7 Å². The molecule has 2 heterocycles. The number of amides is 1. The number of nitrogens with zero attached hydrogens (tertiary/aromatic N) is 1. The maximum absolute atomic E-state index is 15.5. The summed E-state index contributed by atoms with van der Waals surface area (Å²) in [6, 6.07) is -1.06. The van der Waals surface area contributed by atoms with Crippen LogP contribution in [0.25, 0.3) is 0 Å². The quantitative estimate of drug-likeness (QED) is 0.0439. The summed E-state index contributed by atoms with van der Waals surface area (Å²) in [6.45, 7) is 23.0. The van der Waals surface area contributed by atoms with Gasteiger partial charge in [0.05, 0.1) is 43.9 Å². The minimum atomic E-state index is -2.68. The molecule has 3 N–H and O–H groups in total. The van der Waals surface area contributed by atoms with Crippen molar-refractivity contribution < 1.29 is 57.7 Å². The summed E-state index contributed by atoms with van der Waals surface area (Å²) < 4.78 is 31.2. The van der Waals surface area contributed by atoms with Crippen LogP contribution in [0.1, 0.15) is 94.9 Å². The van der Waals surface area contributed by atoms with E-state index in [4.69, 9.17) is 23.4 Å². The summed E-state index contributed by atoms with van der Waals surface area (Å²) in [4.78, 5) is 67.5. The number of carbonyl (C=O) groups excluding carboxylic acids is 4. The number of rotatable bonds is 7. The van der Waals surface area contributed by atoms with Crippen LogP contribution in [0.4, 0.5) is 4.79 Å². The molecule has 6 rings (SSSR count). The van der Waals surface area contributed by atoms with Crippen LogP contribution >= 0.6 is 0 Å². The standard InChI is InChI=1S/C47H68N2O13Si/c1-24-14-17-33(60-35-22-45(9,49(56)57)39(28(5)59-35)48-43(55)58-11)25(2)19-32-34(62-63(12,13)44(6,7)8)20-29(23-50)21-47(32)41(53)36(42(54)61-47)40(52)46(10)31(24)16-15-30-37(46)26(3)18-27(4)38(30)51/h14-16,19-20,23,26-28,30-35,37-39,51-52H,17-18,21-22H2,1-13H3,(H,48,55)/b24-14+,25-19-,40-36+/t26-,27-,28-,30-,31-,32+,33-,34-,35-,37+,38-,39?,45?,46+,47-/m0/s1. The zero-order valence-corrected chi connectivity index (χ0v) is 40.1. The fourth-order valence-corrected chi connectivity index (χ4v) is 12.7. The summed E-state index contributed by atoms with van der Waals surface area (Å²) in [6.07, 6.45) is 5.02. The highest BCUT2D eigenvalue weighted by atomic mass is 28.4. The molecule has 3 fully saturated rings. The van der Waals surface area contributed by atoms with Crippen molar-refractivity contribution in [1.29, 1.82) is 0 Å². The number of hydrogen-bond acceptors (Lipinski definition) is 13. The van der Waals surface area contributed by atoms with E-state index >= 15 is 4.79 Å². The van der Waals surface area contributed by atoms with E-state index < -0.39 is 119 Å². The first-order valence-corrected chi connectivity index (χ1v) is 25.2. The van der Waals surface area contributed by atoms with Crippen molar-refractivity contribution in [2.75, 3.05) is 7.11 Å². The topological polar surface area (TPSA) is 210 Å². The number of allylic oxidation sites excluding steroid dienone is 3. The van der Waals surface area contributed by atoms with Crippen LogP contribution in [0.3, 0.4) is 0 Å². The van der Waals surface area contributed by atoms with Crippen molar-refractivity contribution in [3.8, 4) is 0 Å². The van der Waals surface area contributed by atoms with Gasteiger partial charge in [-0.15, -0.1) is 0 Å². The van der Waals surface area contributed by atoms with Gasteiger partial charge in [0, 0.05) is 35.5 Å². The van der Waals surface area contributed by atoms with Gasteiger partial charge in [-0.1, -0.05) is 71.4 Å². The third-order valence-electron chi connectivity index (χ3n) is 15.9. The molecule has 0 aromatic carbocycles. The average Bonchev–Trinajstić information content (AvgIpc) is 3.43. The molecule has 0 aromatic heterocycles. The summed E-state index contributed by atoms with van der Waals surface area (Å²) >= 11 is 0. The van der Waals surface area contributed by atoms with Crippen molar-refractivity contribution in [3.63, 3.8) is 0 Å². The van der Waals surface area contributed by atoms with Crippen molar-refractivity contribution in [2.45, 2.75) is 161 Å². The molecular weight excluding hydrogens is 829 g/mol. The van der Waals surface area contributed by atoms with Crippen LogP contribution in [0.15, 0.2) is 58.4 Å². The molecule has 1 amide bonds. The first-order valence-electron chi connectivity index (χ1n) is 22.2. The summed E-state index contributed by atoms with van der Waals surface area (Å²) in [5.41, 5.74) is -3.91. The molecule has 2 bridgehead atoms. The second-order valence-corrected chi connectivity index (χ2v) is 25.8. The van der Waals surface area contributed by atoms with Gasteiger partial charge in [-0.2, -0.15) is 0 Å². The first kappa shape index (κ1) is 48.5. The molecular formula is C47H68N2O13Si. The second-order valence-electron chi connectivity index (χ2n) is 21.1. The van der Waals surface area contributed by atoms with Gasteiger partial charge in [-0.3, -0.25) is 19.7 Å². The molecule has 16 heteroatoms. The molecule has 2 unspecified atom stereocenters.